The minimum Gasteiger partial charge on any atom is -0.465 e. The van der Waals surface area contributed by atoms with Crippen molar-refractivity contribution in [1.29, 1.82) is 0 Å². The first-order chi connectivity index (χ1) is 8.70. The van der Waals surface area contributed by atoms with E-state index < -0.39 is 0 Å². The van der Waals surface area contributed by atoms with E-state index in [-0.39, 0.29) is 5.97 Å². The highest BCUT2D eigenvalue weighted by atomic mass is 16.5. The van der Waals surface area contributed by atoms with Gasteiger partial charge >= 0.3 is 5.97 Å². The lowest BCUT2D eigenvalue weighted by Gasteiger charge is -2.06. The second-order valence-electron chi connectivity index (χ2n) is 4.07. The zero-order chi connectivity index (χ0) is 13.0. The van der Waals surface area contributed by atoms with Crippen molar-refractivity contribution in [1.82, 2.24) is 0 Å². The predicted octanol–water partition coefficient (Wildman–Crippen LogP) is 2.65. The van der Waals surface area contributed by atoms with Gasteiger partial charge in [-0.05, 0) is 35.7 Å². The summed E-state index contributed by atoms with van der Waals surface area (Å²) in [5, 5.41) is 0. The van der Waals surface area contributed by atoms with Gasteiger partial charge in [-0.15, -0.1) is 0 Å². The standard InChI is InChI=1S/C15H15NO2/c1-18-15(17)13-7-4-5-11(10-13)9-12-6-2-3-8-14(12)16/h2-8,10H,9,16H2,1H3. The summed E-state index contributed by atoms with van der Waals surface area (Å²) in [5.41, 5.74) is 9.32. The molecule has 0 aliphatic carbocycles. The van der Waals surface area contributed by atoms with Crippen LogP contribution in [0.5, 0.6) is 0 Å². The summed E-state index contributed by atoms with van der Waals surface area (Å²) < 4.78 is 4.70. The highest BCUT2D eigenvalue weighted by Gasteiger charge is 2.06. The van der Waals surface area contributed by atoms with Crippen molar-refractivity contribution >= 4 is 11.7 Å². The molecule has 0 atom stereocenters. The van der Waals surface area contributed by atoms with Crippen LogP contribution < -0.4 is 5.73 Å². The number of carbonyl (C=O) groups excluding carboxylic acids is 1. The summed E-state index contributed by atoms with van der Waals surface area (Å²) >= 11 is 0. The minimum absolute atomic E-state index is 0.321. The molecule has 2 N–H and O–H groups in total. The van der Waals surface area contributed by atoms with Gasteiger partial charge in [0, 0.05) is 5.69 Å². The van der Waals surface area contributed by atoms with Gasteiger partial charge in [0.15, 0.2) is 0 Å². The molecular weight excluding hydrogens is 226 g/mol. The van der Waals surface area contributed by atoms with Crippen LogP contribution in [0.3, 0.4) is 0 Å². The van der Waals surface area contributed by atoms with Gasteiger partial charge in [-0.3, -0.25) is 0 Å². The number of carbonyl (C=O) groups is 1. The number of hydrogen-bond acceptors (Lipinski definition) is 3. The first kappa shape index (κ1) is 12.2. The van der Waals surface area contributed by atoms with E-state index in [4.69, 9.17) is 10.5 Å². The summed E-state index contributed by atoms with van der Waals surface area (Å²) in [5.74, 6) is -0.321. The van der Waals surface area contributed by atoms with Gasteiger partial charge in [0.1, 0.15) is 0 Å². The van der Waals surface area contributed by atoms with Gasteiger partial charge in [0.25, 0.3) is 0 Å². The topological polar surface area (TPSA) is 52.3 Å². The molecule has 0 radical (unpaired) electrons. The van der Waals surface area contributed by atoms with Crippen LogP contribution in [0.1, 0.15) is 21.5 Å². The van der Waals surface area contributed by atoms with Crippen LogP contribution in [-0.4, -0.2) is 13.1 Å². The van der Waals surface area contributed by atoms with Gasteiger partial charge in [-0.2, -0.15) is 0 Å². The molecule has 0 bridgehead atoms. The Morgan fingerprint density at radius 3 is 2.67 bits per heavy atom. The maximum absolute atomic E-state index is 11.4. The van der Waals surface area contributed by atoms with Crippen LogP contribution in [0.25, 0.3) is 0 Å². The molecule has 0 aliphatic heterocycles. The molecule has 0 fully saturated rings. The fraction of sp³-hybridized carbons (Fsp3) is 0.133. The molecule has 0 amide bonds. The molecule has 0 aliphatic rings. The second-order valence-corrected chi connectivity index (χ2v) is 4.07. The van der Waals surface area contributed by atoms with Crippen molar-refractivity contribution in [2.45, 2.75) is 6.42 Å². The smallest absolute Gasteiger partial charge is 0.337 e. The Morgan fingerprint density at radius 1 is 1.17 bits per heavy atom. The molecule has 0 unspecified atom stereocenters. The highest BCUT2D eigenvalue weighted by molar-refractivity contribution is 5.89. The lowest BCUT2D eigenvalue weighted by molar-refractivity contribution is 0.0600. The number of esters is 1. The number of methoxy groups -OCH3 is 1. The molecule has 3 nitrogen and oxygen atoms in total. The van der Waals surface area contributed by atoms with Crippen LogP contribution in [0.4, 0.5) is 5.69 Å². The van der Waals surface area contributed by atoms with Crippen molar-refractivity contribution in [3.63, 3.8) is 0 Å². The van der Waals surface area contributed by atoms with Crippen molar-refractivity contribution in [3.05, 3.63) is 65.2 Å². The Hall–Kier alpha value is -2.29. The largest absolute Gasteiger partial charge is 0.465 e. The number of nitrogens with two attached hydrogens (primary N) is 1. The minimum atomic E-state index is -0.321. The SMILES string of the molecule is COC(=O)c1cccc(Cc2ccccc2N)c1. The van der Waals surface area contributed by atoms with Crippen molar-refractivity contribution in [3.8, 4) is 0 Å². The average molecular weight is 241 g/mol. The quantitative estimate of drug-likeness (QED) is 0.664. The zero-order valence-electron chi connectivity index (χ0n) is 10.2. The Morgan fingerprint density at radius 2 is 1.94 bits per heavy atom. The third kappa shape index (κ3) is 2.69. The number of hydrogen-bond donors (Lipinski definition) is 1. The molecule has 3 heteroatoms. The van der Waals surface area contributed by atoms with Gasteiger partial charge in [0.2, 0.25) is 0 Å². The van der Waals surface area contributed by atoms with Crippen molar-refractivity contribution in [2.75, 3.05) is 12.8 Å². The lowest BCUT2D eigenvalue weighted by Crippen LogP contribution is -2.02. The first-order valence-electron chi connectivity index (χ1n) is 5.71. The molecule has 0 aromatic heterocycles. The molecular formula is C15H15NO2. The van der Waals surface area contributed by atoms with Gasteiger partial charge in [0.05, 0.1) is 12.7 Å². The molecule has 2 aromatic carbocycles. The van der Waals surface area contributed by atoms with Crippen LogP contribution >= 0.6 is 0 Å². The summed E-state index contributed by atoms with van der Waals surface area (Å²) in [6, 6.07) is 15.1. The van der Waals surface area contributed by atoms with Gasteiger partial charge in [-0.1, -0.05) is 30.3 Å². The number of rotatable bonds is 3. The molecule has 2 aromatic rings. The van der Waals surface area contributed by atoms with Crippen LogP contribution in [0, 0.1) is 0 Å². The molecule has 0 spiro atoms. The molecule has 0 saturated carbocycles. The summed E-state index contributed by atoms with van der Waals surface area (Å²) in [4.78, 5) is 11.4. The number of ether oxygens (including phenoxy) is 1. The highest BCUT2D eigenvalue weighted by Crippen LogP contribution is 2.17. The van der Waals surface area contributed by atoms with Gasteiger partial charge < -0.3 is 10.5 Å². The third-order valence-electron chi connectivity index (χ3n) is 2.80. The fourth-order valence-corrected chi connectivity index (χ4v) is 1.84. The van der Waals surface area contributed by atoms with E-state index in [9.17, 15) is 4.79 Å². The predicted molar refractivity (Wildman–Crippen MR) is 71.4 cm³/mol. The van der Waals surface area contributed by atoms with E-state index in [1.165, 1.54) is 7.11 Å². The lowest BCUT2D eigenvalue weighted by atomic mass is 10.0. The van der Waals surface area contributed by atoms with Crippen LogP contribution in [-0.2, 0) is 11.2 Å². The number of benzene rings is 2. The first-order valence-corrected chi connectivity index (χ1v) is 5.71. The summed E-state index contributed by atoms with van der Waals surface area (Å²) in [6.45, 7) is 0. The molecule has 0 heterocycles. The Kier molecular flexibility index (Phi) is 3.63. The molecule has 0 saturated heterocycles. The Labute approximate surface area is 106 Å². The molecule has 18 heavy (non-hydrogen) atoms. The number of para-hydroxylation sites is 1. The maximum Gasteiger partial charge on any atom is 0.337 e. The normalized spacial score (nSPS) is 10.1. The maximum atomic E-state index is 11.4. The second kappa shape index (κ2) is 5.36. The van der Waals surface area contributed by atoms with E-state index in [1.807, 2.05) is 42.5 Å². The van der Waals surface area contributed by atoms with E-state index >= 15 is 0 Å². The Bertz CT molecular complexity index is 564. The third-order valence-corrected chi connectivity index (χ3v) is 2.80. The monoisotopic (exact) mass is 241 g/mol. The van der Waals surface area contributed by atoms with E-state index in [0.29, 0.717) is 12.0 Å². The van der Waals surface area contributed by atoms with Crippen molar-refractivity contribution in [2.24, 2.45) is 0 Å². The molecule has 2 rings (SSSR count). The average Bonchev–Trinajstić information content (AvgIpc) is 2.41. The van der Waals surface area contributed by atoms with E-state index in [2.05, 4.69) is 0 Å². The van der Waals surface area contributed by atoms with E-state index in [0.717, 1.165) is 16.8 Å². The number of anilines is 1. The fourth-order valence-electron chi connectivity index (χ4n) is 1.84. The number of nitrogen functional groups attached to an aromatic ring is 1. The van der Waals surface area contributed by atoms with E-state index in [1.54, 1.807) is 6.07 Å². The van der Waals surface area contributed by atoms with Crippen molar-refractivity contribution < 1.29 is 9.53 Å². The zero-order valence-corrected chi connectivity index (χ0v) is 10.2. The Balaban J connectivity index is 2.25. The molecule has 92 valence electrons. The summed E-state index contributed by atoms with van der Waals surface area (Å²) in [6.07, 6.45) is 0.706. The van der Waals surface area contributed by atoms with Crippen LogP contribution in [0.15, 0.2) is 48.5 Å². The summed E-state index contributed by atoms with van der Waals surface area (Å²) in [7, 11) is 1.38. The van der Waals surface area contributed by atoms with Crippen LogP contribution in [0.2, 0.25) is 0 Å². The van der Waals surface area contributed by atoms with Gasteiger partial charge in [-0.25, -0.2) is 4.79 Å².